The minimum atomic E-state index is 0.148. The lowest BCUT2D eigenvalue weighted by Crippen LogP contribution is -2.43. The van der Waals surface area contributed by atoms with Crippen LogP contribution in [0.1, 0.15) is 32.3 Å². The number of benzene rings is 1. The van der Waals surface area contributed by atoms with Crippen molar-refractivity contribution in [2.45, 2.75) is 39.2 Å². The van der Waals surface area contributed by atoms with Crippen LogP contribution in [0.25, 0.3) is 0 Å². The zero-order valence-corrected chi connectivity index (χ0v) is 15.2. The van der Waals surface area contributed by atoms with Crippen LogP contribution in [0.3, 0.4) is 0 Å². The summed E-state index contributed by atoms with van der Waals surface area (Å²) in [7, 11) is 3.28. The van der Waals surface area contributed by atoms with E-state index in [0.29, 0.717) is 18.5 Å². The Morgan fingerprint density at radius 3 is 2.75 bits per heavy atom. The van der Waals surface area contributed by atoms with E-state index in [9.17, 15) is 4.79 Å². The molecule has 1 amide bonds. The summed E-state index contributed by atoms with van der Waals surface area (Å²) >= 11 is 0. The van der Waals surface area contributed by atoms with Crippen LogP contribution < -0.4 is 20.1 Å². The van der Waals surface area contributed by atoms with Crippen LogP contribution in [0.5, 0.6) is 11.5 Å². The minimum absolute atomic E-state index is 0.148. The van der Waals surface area contributed by atoms with Crippen molar-refractivity contribution in [3.8, 4) is 11.5 Å². The van der Waals surface area contributed by atoms with Crippen molar-refractivity contribution >= 4 is 5.91 Å². The highest BCUT2D eigenvalue weighted by Gasteiger charge is 2.24. The minimum Gasteiger partial charge on any atom is -0.493 e. The van der Waals surface area contributed by atoms with Crippen LogP contribution in [0.4, 0.5) is 0 Å². The average Bonchev–Trinajstić information content (AvgIpc) is 2.59. The maximum Gasteiger partial charge on any atom is 0.223 e. The topological polar surface area (TPSA) is 59.6 Å². The zero-order valence-electron chi connectivity index (χ0n) is 15.2. The quantitative estimate of drug-likeness (QED) is 0.804. The molecule has 3 atom stereocenters. The second kappa shape index (κ2) is 8.92. The molecule has 1 heterocycles. The molecule has 5 nitrogen and oxygen atoms in total. The van der Waals surface area contributed by atoms with Crippen LogP contribution >= 0.6 is 0 Å². The van der Waals surface area contributed by atoms with Gasteiger partial charge in [-0.1, -0.05) is 13.0 Å². The molecule has 1 saturated heterocycles. The number of carbonyl (C=O) groups is 1. The first-order valence-electron chi connectivity index (χ1n) is 8.75. The first kappa shape index (κ1) is 18.6. The monoisotopic (exact) mass is 334 g/mol. The van der Waals surface area contributed by atoms with Gasteiger partial charge in [-0.2, -0.15) is 0 Å². The van der Waals surface area contributed by atoms with Crippen LogP contribution in [0.2, 0.25) is 0 Å². The van der Waals surface area contributed by atoms with Gasteiger partial charge in [-0.15, -0.1) is 0 Å². The Morgan fingerprint density at radius 1 is 1.33 bits per heavy atom. The molecule has 1 aromatic carbocycles. The Balaban J connectivity index is 1.82. The SMILES string of the molecule is COc1ccc(CC(C)CNC(=O)[C@H]2CCN[C@@H](C)C2)cc1OC. The molecule has 134 valence electrons. The zero-order chi connectivity index (χ0) is 17.5. The van der Waals surface area contributed by atoms with E-state index in [-0.39, 0.29) is 11.8 Å². The molecule has 2 rings (SSSR count). The van der Waals surface area contributed by atoms with Gasteiger partial charge in [0.05, 0.1) is 14.2 Å². The van der Waals surface area contributed by atoms with E-state index < -0.39 is 0 Å². The van der Waals surface area contributed by atoms with Gasteiger partial charge in [0.15, 0.2) is 11.5 Å². The summed E-state index contributed by atoms with van der Waals surface area (Å²) in [6.07, 6.45) is 2.75. The largest absolute Gasteiger partial charge is 0.493 e. The predicted octanol–water partition coefficient (Wildman–Crippen LogP) is 2.39. The molecule has 2 N–H and O–H groups in total. The number of nitrogens with one attached hydrogen (secondary N) is 2. The highest BCUT2D eigenvalue weighted by molar-refractivity contribution is 5.78. The molecule has 1 unspecified atom stereocenters. The number of carbonyl (C=O) groups excluding carboxylic acids is 1. The lowest BCUT2D eigenvalue weighted by Gasteiger charge is -2.27. The van der Waals surface area contributed by atoms with Gasteiger partial charge in [-0.3, -0.25) is 4.79 Å². The smallest absolute Gasteiger partial charge is 0.223 e. The van der Waals surface area contributed by atoms with Gasteiger partial charge in [0.1, 0.15) is 0 Å². The Hall–Kier alpha value is -1.75. The molecule has 5 heteroatoms. The lowest BCUT2D eigenvalue weighted by molar-refractivity contribution is -0.126. The highest BCUT2D eigenvalue weighted by Crippen LogP contribution is 2.28. The molecule has 1 aliphatic rings. The fourth-order valence-corrected chi connectivity index (χ4v) is 3.27. The summed E-state index contributed by atoms with van der Waals surface area (Å²) in [5.74, 6) is 2.19. The standard InChI is InChI=1S/C19H30N2O3/c1-13(9-15-5-6-17(23-3)18(11-15)24-4)12-21-19(22)16-7-8-20-14(2)10-16/h5-6,11,13-14,16,20H,7-10,12H2,1-4H3,(H,21,22)/t13?,14-,16-/m0/s1. The molecular weight excluding hydrogens is 304 g/mol. The van der Waals surface area contributed by atoms with Crippen molar-refractivity contribution < 1.29 is 14.3 Å². The Kier molecular flexibility index (Phi) is 6.91. The van der Waals surface area contributed by atoms with Gasteiger partial charge >= 0.3 is 0 Å². The Labute approximate surface area is 145 Å². The Bertz CT molecular complexity index is 547. The van der Waals surface area contributed by atoms with Crippen LogP contribution in [0.15, 0.2) is 18.2 Å². The molecule has 0 saturated carbocycles. The first-order valence-corrected chi connectivity index (χ1v) is 8.75. The molecule has 0 bridgehead atoms. The maximum atomic E-state index is 12.3. The van der Waals surface area contributed by atoms with E-state index in [1.54, 1.807) is 14.2 Å². The van der Waals surface area contributed by atoms with Gasteiger partial charge in [0, 0.05) is 18.5 Å². The molecule has 1 fully saturated rings. The summed E-state index contributed by atoms with van der Waals surface area (Å²) in [6, 6.07) is 6.41. The molecule has 1 aromatic rings. The van der Waals surface area contributed by atoms with E-state index in [2.05, 4.69) is 24.5 Å². The van der Waals surface area contributed by atoms with Crippen LogP contribution in [-0.4, -0.2) is 39.3 Å². The number of ether oxygens (including phenoxy) is 2. The van der Waals surface area contributed by atoms with Crippen LogP contribution in [-0.2, 0) is 11.2 Å². The fourth-order valence-electron chi connectivity index (χ4n) is 3.27. The third-order valence-electron chi connectivity index (χ3n) is 4.65. The van der Waals surface area contributed by atoms with Crippen molar-refractivity contribution in [1.82, 2.24) is 10.6 Å². The van der Waals surface area contributed by atoms with Crippen molar-refractivity contribution in [2.75, 3.05) is 27.3 Å². The van der Waals surface area contributed by atoms with Gasteiger partial charge in [0.25, 0.3) is 0 Å². The van der Waals surface area contributed by atoms with Crippen molar-refractivity contribution in [1.29, 1.82) is 0 Å². The first-order chi connectivity index (χ1) is 11.5. The van der Waals surface area contributed by atoms with Gasteiger partial charge in [-0.05, 0) is 56.3 Å². The van der Waals surface area contributed by atoms with E-state index in [1.165, 1.54) is 5.56 Å². The highest BCUT2D eigenvalue weighted by atomic mass is 16.5. The van der Waals surface area contributed by atoms with Gasteiger partial charge in [0.2, 0.25) is 5.91 Å². The normalized spacial score (nSPS) is 21.8. The molecule has 0 aromatic heterocycles. The van der Waals surface area contributed by atoms with Gasteiger partial charge in [-0.25, -0.2) is 0 Å². The van der Waals surface area contributed by atoms with E-state index in [4.69, 9.17) is 9.47 Å². The number of amides is 1. The number of rotatable bonds is 7. The predicted molar refractivity (Wildman–Crippen MR) is 95.6 cm³/mol. The molecule has 0 aliphatic carbocycles. The second-order valence-corrected chi connectivity index (χ2v) is 6.82. The van der Waals surface area contributed by atoms with E-state index >= 15 is 0 Å². The van der Waals surface area contributed by atoms with E-state index in [1.807, 2.05) is 18.2 Å². The fraction of sp³-hybridized carbons (Fsp3) is 0.632. The summed E-state index contributed by atoms with van der Waals surface area (Å²) in [6.45, 7) is 5.92. The van der Waals surface area contributed by atoms with Gasteiger partial charge < -0.3 is 20.1 Å². The maximum absolute atomic E-state index is 12.3. The lowest BCUT2D eigenvalue weighted by atomic mass is 9.92. The molecule has 1 aliphatic heterocycles. The van der Waals surface area contributed by atoms with Crippen molar-refractivity contribution in [3.63, 3.8) is 0 Å². The number of piperidine rings is 1. The van der Waals surface area contributed by atoms with Crippen LogP contribution in [0, 0.1) is 11.8 Å². The third kappa shape index (κ3) is 5.13. The molecular formula is C19H30N2O3. The summed E-state index contributed by atoms with van der Waals surface area (Å²) < 4.78 is 10.6. The number of methoxy groups -OCH3 is 2. The Morgan fingerprint density at radius 2 is 2.08 bits per heavy atom. The average molecular weight is 334 g/mol. The second-order valence-electron chi connectivity index (χ2n) is 6.82. The van der Waals surface area contributed by atoms with Crippen molar-refractivity contribution in [2.24, 2.45) is 11.8 Å². The van der Waals surface area contributed by atoms with E-state index in [0.717, 1.165) is 37.3 Å². The summed E-state index contributed by atoms with van der Waals surface area (Å²) in [5.41, 5.74) is 1.19. The summed E-state index contributed by atoms with van der Waals surface area (Å²) in [5, 5.41) is 6.50. The number of hydrogen-bond acceptors (Lipinski definition) is 4. The summed E-state index contributed by atoms with van der Waals surface area (Å²) in [4.78, 5) is 12.3. The molecule has 24 heavy (non-hydrogen) atoms. The molecule has 0 radical (unpaired) electrons. The third-order valence-corrected chi connectivity index (χ3v) is 4.65. The van der Waals surface area contributed by atoms with Crippen molar-refractivity contribution in [3.05, 3.63) is 23.8 Å². The number of hydrogen-bond donors (Lipinski definition) is 2. The molecule has 0 spiro atoms.